The van der Waals surface area contributed by atoms with E-state index < -0.39 is 0 Å². The fourth-order valence-corrected chi connectivity index (χ4v) is 2.55. The maximum absolute atomic E-state index is 4.53. The molecular formula is C11H18BrN5. The SMILES string of the molecule is CNc1ncc(Br)c(N2CCN(C)CC2C)n1. The summed E-state index contributed by atoms with van der Waals surface area (Å²) in [4.78, 5) is 13.4. The Balaban J connectivity index is 2.26. The molecule has 94 valence electrons. The minimum atomic E-state index is 0.463. The van der Waals surface area contributed by atoms with Crippen LogP contribution in [0.25, 0.3) is 0 Å². The summed E-state index contributed by atoms with van der Waals surface area (Å²) in [5.41, 5.74) is 0. The highest BCUT2D eigenvalue weighted by atomic mass is 79.9. The maximum Gasteiger partial charge on any atom is 0.224 e. The molecular weight excluding hydrogens is 282 g/mol. The highest BCUT2D eigenvalue weighted by Crippen LogP contribution is 2.27. The lowest BCUT2D eigenvalue weighted by Crippen LogP contribution is -2.51. The van der Waals surface area contributed by atoms with Gasteiger partial charge in [-0.15, -0.1) is 0 Å². The van der Waals surface area contributed by atoms with Crippen LogP contribution in [0.1, 0.15) is 6.92 Å². The van der Waals surface area contributed by atoms with Crippen molar-refractivity contribution in [2.75, 3.05) is 43.9 Å². The standard InChI is InChI=1S/C11H18BrN5/c1-8-7-16(3)4-5-17(8)10-9(12)6-14-11(13-2)15-10/h6,8H,4-5,7H2,1-3H3,(H,13,14,15). The summed E-state index contributed by atoms with van der Waals surface area (Å²) in [6, 6.07) is 0.463. The lowest BCUT2D eigenvalue weighted by molar-refractivity contribution is 0.274. The number of halogens is 1. The Morgan fingerprint density at radius 1 is 1.47 bits per heavy atom. The predicted molar refractivity (Wildman–Crippen MR) is 73.6 cm³/mol. The van der Waals surface area contributed by atoms with Gasteiger partial charge in [-0.25, -0.2) is 4.98 Å². The molecule has 1 aliphatic rings. The lowest BCUT2D eigenvalue weighted by Gasteiger charge is -2.39. The van der Waals surface area contributed by atoms with Gasteiger partial charge in [-0.2, -0.15) is 4.98 Å². The Morgan fingerprint density at radius 2 is 2.24 bits per heavy atom. The van der Waals surface area contributed by atoms with Crippen molar-refractivity contribution in [1.82, 2.24) is 14.9 Å². The molecule has 1 atom stereocenters. The third-order valence-electron chi connectivity index (χ3n) is 3.05. The fraction of sp³-hybridized carbons (Fsp3) is 0.636. The first-order chi connectivity index (χ1) is 8.11. The number of rotatable bonds is 2. The molecule has 5 nitrogen and oxygen atoms in total. The summed E-state index contributed by atoms with van der Waals surface area (Å²) in [5, 5.41) is 2.98. The van der Waals surface area contributed by atoms with Gasteiger partial charge in [-0.05, 0) is 29.9 Å². The molecule has 1 N–H and O–H groups in total. The number of anilines is 2. The monoisotopic (exact) mass is 299 g/mol. The van der Waals surface area contributed by atoms with Crippen molar-refractivity contribution < 1.29 is 0 Å². The third-order valence-corrected chi connectivity index (χ3v) is 3.61. The summed E-state index contributed by atoms with van der Waals surface area (Å²) >= 11 is 3.53. The number of nitrogens with one attached hydrogen (secondary N) is 1. The fourth-order valence-electron chi connectivity index (χ4n) is 2.13. The van der Waals surface area contributed by atoms with Gasteiger partial charge in [-0.1, -0.05) is 0 Å². The van der Waals surface area contributed by atoms with E-state index in [1.165, 1.54) is 0 Å². The van der Waals surface area contributed by atoms with Crippen LogP contribution in [0, 0.1) is 0 Å². The van der Waals surface area contributed by atoms with Crippen molar-refractivity contribution in [1.29, 1.82) is 0 Å². The van der Waals surface area contributed by atoms with Crippen molar-refractivity contribution >= 4 is 27.7 Å². The van der Waals surface area contributed by atoms with Crippen LogP contribution in [0.15, 0.2) is 10.7 Å². The minimum Gasteiger partial charge on any atom is -0.357 e. The van der Waals surface area contributed by atoms with Crippen molar-refractivity contribution in [2.45, 2.75) is 13.0 Å². The average Bonchev–Trinajstić information content (AvgIpc) is 2.30. The second-order valence-corrected chi connectivity index (χ2v) is 5.27. The molecule has 2 heterocycles. The number of hydrogen-bond donors (Lipinski definition) is 1. The largest absolute Gasteiger partial charge is 0.357 e. The van der Waals surface area contributed by atoms with E-state index >= 15 is 0 Å². The molecule has 1 fully saturated rings. The Kier molecular flexibility index (Phi) is 3.83. The summed E-state index contributed by atoms with van der Waals surface area (Å²) < 4.78 is 0.952. The number of aromatic nitrogens is 2. The van der Waals surface area contributed by atoms with E-state index in [1.807, 2.05) is 7.05 Å². The van der Waals surface area contributed by atoms with Gasteiger partial charge in [0.1, 0.15) is 5.82 Å². The van der Waals surface area contributed by atoms with Crippen LogP contribution < -0.4 is 10.2 Å². The van der Waals surface area contributed by atoms with Crippen molar-refractivity contribution in [2.24, 2.45) is 0 Å². The lowest BCUT2D eigenvalue weighted by atomic mass is 10.2. The first kappa shape index (κ1) is 12.6. The van der Waals surface area contributed by atoms with E-state index in [4.69, 9.17) is 0 Å². The van der Waals surface area contributed by atoms with Crippen LogP contribution in [0.2, 0.25) is 0 Å². The molecule has 17 heavy (non-hydrogen) atoms. The van der Waals surface area contributed by atoms with Gasteiger partial charge < -0.3 is 15.1 Å². The molecule has 0 aliphatic carbocycles. The van der Waals surface area contributed by atoms with Crippen LogP contribution in [0.5, 0.6) is 0 Å². The summed E-state index contributed by atoms with van der Waals surface area (Å²) in [5.74, 6) is 1.64. The first-order valence-electron chi connectivity index (χ1n) is 5.77. The van der Waals surface area contributed by atoms with E-state index in [1.54, 1.807) is 6.20 Å². The summed E-state index contributed by atoms with van der Waals surface area (Å²) in [7, 11) is 3.99. The predicted octanol–water partition coefficient (Wildman–Crippen LogP) is 1.42. The molecule has 1 saturated heterocycles. The van der Waals surface area contributed by atoms with E-state index in [0.717, 1.165) is 29.9 Å². The molecule has 1 aromatic heterocycles. The van der Waals surface area contributed by atoms with Gasteiger partial charge in [0.05, 0.1) is 4.47 Å². The molecule has 0 radical (unpaired) electrons. The van der Waals surface area contributed by atoms with Crippen LogP contribution >= 0.6 is 15.9 Å². The van der Waals surface area contributed by atoms with Crippen LogP contribution in [0.4, 0.5) is 11.8 Å². The minimum absolute atomic E-state index is 0.463. The van der Waals surface area contributed by atoms with Gasteiger partial charge in [0.2, 0.25) is 5.95 Å². The highest BCUT2D eigenvalue weighted by Gasteiger charge is 2.24. The second kappa shape index (κ2) is 5.18. The quantitative estimate of drug-likeness (QED) is 0.895. The zero-order chi connectivity index (χ0) is 12.4. The van der Waals surface area contributed by atoms with Gasteiger partial charge in [0.25, 0.3) is 0 Å². The second-order valence-electron chi connectivity index (χ2n) is 4.42. The van der Waals surface area contributed by atoms with Crippen LogP contribution in [-0.2, 0) is 0 Å². The average molecular weight is 300 g/mol. The number of likely N-dealkylation sites (N-methyl/N-ethyl adjacent to an activating group) is 1. The van der Waals surface area contributed by atoms with Gasteiger partial charge in [0.15, 0.2) is 0 Å². The third kappa shape index (κ3) is 2.69. The molecule has 0 saturated carbocycles. The Labute approximate surface area is 110 Å². The van der Waals surface area contributed by atoms with E-state index in [9.17, 15) is 0 Å². The molecule has 0 aromatic carbocycles. The normalized spacial score (nSPS) is 21.6. The molecule has 2 rings (SSSR count). The highest BCUT2D eigenvalue weighted by molar-refractivity contribution is 9.10. The number of hydrogen-bond acceptors (Lipinski definition) is 5. The molecule has 1 aromatic rings. The topological polar surface area (TPSA) is 44.3 Å². The van der Waals surface area contributed by atoms with E-state index in [0.29, 0.717) is 12.0 Å². The Morgan fingerprint density at radius 3 is 2.88 bits per heavy atom. The van der Waals surface area contributed by atoms with Crippen LogP contribution in [-0.4, -0.2) is 54.6 Å². The number of nitrogens with zero attached hydrogens (tertiary/aromatic N) is 4. The molecule has 0 spiro atoms. The van der Waals surface area contributed by atoms with Gasteiger partial charge in [-0.3, -0.25) is 0 Å². The van der Waals surface area contributed by atoms with E-state index in [-0.39, 0.29) is 0 Å². The maximum atomic E-state index is 4.53. The zero-order valence-electron chi connectivity index (χ0n) is 10.4. The van der Waals surface area contributed by atoms with Crippen molar-refractivity contribution in [3.63, 3.8) is 0 Å². The van der Waals surface area contributed by atoms with Gasteiger partial charge in [0, 0.05) is 38.9 Å². The summed E-state index contributed by atoms with van der Waals surface area (Å²) in [6.45, 7) is 5.35. The van der Waals surface area contributed by atoms with Crippen molar-refractivity contribution in [3.05, 3.63) is 10.7 Å². The van der Waals surface area contributed by atoms with E-state index in [2.05, 4.69) is 55.0 Å². The Bertz CT molecular complexity index is 397. The van der Waals surface area contributed by atoms with Crippen LogP contribution in [0.3, 0.4) is 0 Å². The zero-order valence-corrected chi connectivity index (χ0v) is 12.0. The first-order valence-corrected chi connectivity index (χ1v) is 6.56. The Hall–Kier alpha value is -0.880. The van der Waals surface area contributed by atoms with Crippen molar-refractivity contribution in [3.8, 4) is 0 Å². The number of piperazine rings is 1. The molecule has 1 unspecified atom stereocenters. The molecule has 0 bridgehead atoms. The summed E-state index contributed by atoms with van der Waals surface area (Å²) in [6.07, 6.45) is 1.80. The molecule has 6 heteroatoms. The molecule has 0 amide bonds. The van der Waals surface area contributed by atoms with Gasteiger partial charge >= 0.3 is 0 Å². The molecule has 1 aliphatic heterocycles. The smallest absolute Gasteiger partial charge is 0.224 e.